The molecule has 2 heterocycles. The summed E-state index contributed by atoms with van der Waals surface area (Å²) in [5.41, 5.74) is 3.28. The zero-order chi connectivity index (χ0) is 17.1. The number of carboxylic acid groups (broad SMARTS) is 1. The minimum atomic E-state index is -0.807. The standard InChI is InChI=1S/C18H21N3O3/c1-12(18(23)24)10-13-5-7-14(8-6-13)20-17(22)15-11-19-21-9-3-2-4-16(15)21/h5-8,11-12H,2-4,9-10H2,1H3,(H,20,22)(H,23,24). The van der Waals surface area contributed by atoms with Gasteiger partial charge in [-0.25, -0.2) is 0 Å². The number of aliphatic carboxylic acids is 1. The molecule has 2 N–H and O–H groups in total. The largest absolute Gasteiger partial charge is 0.481 e. The molecule has 1 aliphatic rings. The van der Waals surface area contributed by atoms with Gasteiger partial charge < -0.3 is 10.4 Å². The Morgan fingerprint density at radius 3 is 2.75 bits per heavy atom. The van der Waals surface area contributed by atoms with Crippen LogP contribution in [0.4, 0.5) is 5.69 Å². The van der Waals surface area contributed by atoms with Gasteiger partial charge in [-0.2, -0.15) is 5.10 Å². The van der Waals surface area contributed by atoms with Crippen LogP contribution in [0.3, 0.4) is 0 Å². The summed E-state index contributed by atoms with van der Waals surface area (Å²) in [5.74, 6) is -1.38. The van der Waals surface area contributed by atoms with Crippen molar-refractivity contribution in [2.45, 2.75) is 39.2 Å². The van der Waals surface area contributed by atoms with Gasteiger partial charge in [0, 0.05) is 12.2 Å². The van der Waals surface area contributed by atoms with Crippen LogP contribution in [0.1, 0.15) is 41.4 Å². The molecule has 1 aromatic carbocycles. The summed E-state index contributed by atoms with van der Waals surface area (Å²) in [6.45, 7) is 2.56. The van der Waals surface area contributed by atoms with Gasteiger partial charge >= 0.3 is 5.97 Å². The van der Waals surface area contributed by atoms with Crippen LogP contribution in [0.2, 0.25) is 0 Å². The maximum Gasteiger partial charge on any atom is 0.306 e. The van der Waals surface area contributed by atoms with Crippen LogP contribution < -0.4 is 5.32 Å². The first-order valence-corrected chi connectivity index (χ1v) is 8.22. The van der Waals surface area contributed by atoms with E-state index in [1.165, 1.54) is 0 Å². The number of aryl methyl sites for hydroxylation is 1. The van der Waals surface area contributed by atoms with Gasteiger partial charge in [-0.15, -0.1) is 0 Å². The smallest absolute Gasteiger partial charge is 0.306 e. The Bertz CT molecular complexity index is 749. The number of nitrogens with one attached hydrogen (secondary N) is 1. The number of carboxylic acids is 1. The Hall–Kier alpha value is -2.63. The fourth-order valence-electron chi connectivity index (χ4n) is 2.97. The molecule has 0 spiro atoms. The van der Waals surface area contributed by atoms with E-state index in [4.69, 9.17) is 5.11 Å². The van der Waals surface area contributed by atoms with Crippen LogP contribution in [0.15, 0.2) is 30.5 Å². The van der Waals surface area contributed by atoms with Gasteiger partial charge in [-0.1, -0.05) is 19.1 Å². The zero-order valence-corrected chi connectivity index (χ0v) is 13.7. The Morgan fingerprint density at radius 1 is 1.29 bits per heavy atom. The van der Waals surface area contributed by atoms with Crippen molar-refractivity contribution in [2.24, 2.45) is 5.92 Å². The summed E-state index contributed by atoms with van der Waals surface area (Å²) in [4.78, 5) is 23.4. The third-order valence-corrected chi connectivity index (χ3v) is 4.40. The molecule has 6 heteroatoms. The quantitative estimate of drug-likeness (QED) is 0.884. The number of rotatable bonds is 5. The monoisotopic (exact) mass is 327 g/mol. The third kappa shape index (κ3) is 3.48. The Morgan fingerprint density at radius 2 is 2.04 bits per heavy atom. The van der Waals surface area contributed by atoms with Gasteiger partial charge in [-0.05, 0) is 43.4 Å². The summed E-state index contributed by atoms with van der Waals surface area (Å²) in [6.07, 6.45) is 5.18. The van der Waals surface area contributed by atoms with Crippen molar-refractivity contribution >= 4 is 17.6 Å². The van der Waals surface area contributed by atoms with E-state index in [-0.39, 0.29) is 5.91 Å². The number of carbonyl (C=O) groups is 2. The van der Waals surface area contributed by atoms with Crippen molar-refractivity contribution in [3.05, 3.63) is 47.3 Å². The van der Waals surface area contributed by atoms with E-state index in [9.17, 15) is 9.59 Å². The van der Waals surface area contributed by atoms with Crippen molar-refractivity contribution < 1.29 is 14.7 Å². The molecule has 0 saturated heterocycles. The molecule has 2 aromatic rings. The van der Waals surface area contributed by atoms with Gasteiger partial charge in [0.15, 0.2) is 0 Å². The molecule has 0 saturated carbocycles. The Balaban J connectivity index is 1.66. The number of fused-ring (bicyclic) bond motifs is 1. The first-order valence-electron chi connectivity index (χ1n) is 8.22. The van der Waals surface area contributed by atoms with Crippen molar-refractivity contribution in [1.82, 2.24) is 9.78 Å². The summed E-state index contributed by atoms with van der Waals surface area (Å²) < 4.78 is 1.91. The van der Waals surface area contributed by atoms with Crippen LogP contribution in [-0.2, 0) is 24.2 Å². The highest BCUT2D eigenvalue weighted by atomic mass is 16.4. The minimum Gasteiger partial charge on any atom is -0.481 e. The molecule has 6 nitrogen and oxygen atoms in total. The number of amides is 1. The van der Waals surface area contributed by atoms with E-state index in [1.807, 2.05) is 16.8 Å². The van der Waals surface area contributed by atoms with Crippen LogP contribution in [0.25, 0.3) is 0 Å². The molecule has 0 radical (unpaired) electrons. The van der Waals surface area contributed by atoms with Gasteiger partial charge in [-0.3, -0.25) is 14.3 Å². The molecule has 126 valence electrons. The lowest BCUT2D eigenvalue weighted by atomic mass is 10.0. The normalized spacial score (nSPS) is 14.7. The molecule has 0 aliphatic carbocycles. The zero-order valence-electron chi connectivity index (χ0n) is 13.7. The Labute approximate surface area is 140 Å². The molecule has 1 aliphatic heterocycles. The predicted molar refractivity (Wildman–Crippen MR) is 90.1 cm³/mol. The summed E-state index contributed by atoms with van der Waals surface area (Å²) in [7, 11) is 0. The first-order chi connectivity index (χ1) is 11.5. The van der Waals surface area contributed by atoms with Gasteiger partial charge in [0.1, 0.15) is 0 Å². The third-order valence-electron chi connectivity index (χ3n) is 4.40. The maximum atomic E-state index is 12.5. The molecule has 24 heavy (non-hydrogen) atoms. The topological polar surface area (TPSA) is 84.2 Å². The summed E-state index contributed by atoms with van der Waals surface area (Å²) in [5, 5.41) is 16.1. The minimum absolute atomic E-state index is 0.148. The second-order valence-corrected chi connectivity index (χ2v) is 6.28. The molecule has 1 amide bonds. The fraction of sp³-hybridized carbons (Fsp3) is 0.389. The van der Waals surface area contributed by atoms with E-state index >= 15 is 0 Å². The molecule has 1 atom stereocenters. The second-order valence-electron chi connectivity index (χ2n) is 6.28. The second kappa shape index (κ2) is 6.86. The van der Waals surface area contributed by atoms with E-state index in [2.05, 4.69) is 10.4 Å². The molecular weight excluding hydrogens is 306 g/mol. The SMILES string of the molecule is CC(Cc1ccc(NC(=O)c2cnn3c2CCCC3)cc1)C(=O)O. The average Bonchev–Trinajstić information content (AvgIpc) is 3.00. The molecule has 0 bridgehead atoms. The highest BCUT2D eigenvalue weighted by Crippen LogP contribution is 2.20. The van der Waals surface area contributed by atoms with Gasteiger partial charge in [0.25, 0.3) is 5.91 Å². The van der Waals surface area contributed by atoms with E-state index in [0.717, 1.165) is 37.1 Å². The lowest BCUT2D eigenvalue weighted by Gasteiger charge is -2.14. The van der Waals surface area contributed by atoms with Crippen molar-refractivity contribution in [2.75, 3.05) is 5.32 Å². The van der Waals surface area contributed by atoms with Crippen molar-refractivity contribution in [3.8, 4) is 0 Å². The van der Waals surface area contributed by atoms with E-state index in [0.29, 0.717) is 17.7 Å². The summed E-state index contributed by atoms with van der Waals surface area (Å²) in [6, 6.07) is 7.31. The van der Waals surface area contributed by atoms with Gasteiger partial charge in [0.05, 0.1) is 23.4 Å². The van der Waals surface area contributed by atoms with Crippen LogP contribution in [-0.4, -0.2) is 26.8 Å². The number of anilines is 1. The number of hydrogen-bond donors (Lipinski definition) is 2. The van der Waals surface area contributed by atoms with Crippen LogP contribution in [0.5, 0.6) is 0 Å². The number of nitrogens with zero attached hydrogens (tertiary/aromatic N) is 2. The Kier molecular flexibility index (Phi) is 4.64. The molecule has 3 rings (SSSR count). The highest BCUT2D eigenvalue weighted by Gasteiger charge is 2.20. The highest BCUT2D eigenvalue weighted by molar-refractivity contribution is 6.05. The van der Waals surface area contributed by atoms with E-state index in [1.54, 1.807) is 25.3 Å². The maximum absolute atomic E-state index is 12.5. The molecule has 1 aromatic heterocycles. The molecular formula is C18H21N3O3. The molecule has 1 unspecified atom stereocenters. The van der Waals surface area contributed by atoms with E-state index < -0.39 is 11.9 Å². The number of aromatic nitrogens is 2. The molecule has 0 fully saturated rings. The van der Waals surface area contributed by atoms with Crippen molar-refractivity contribution in [1.29, 1.82) is 0 Å². The van der Waals surface area contributed by atoms with Gasteiger partial charge in [0.2, 0.25) is 0 Å². The number of carbonyl (C=O) groups excluding carboxylic acids is 1. The lowest BCUT2D eigenvalue weighted by Crippen LogP contribution is -2.17. The number of benzene rings is 1. The summed E-state index contributed by atoms with van der Waals surface area (Å²) >= 11 is 0. The predicted octanol–water partition coefficient (Wildman–Crippen LogP) is 2.73. The average molecular weight is 327 g/mol. The fourth-order valence-corrected chi connectivity index (χ4v) is 2.97. The lowest BCUT2D eigenvalue weighted by molar-refractivity contribution is -0.141. The number of hydrogen-bond acceptors (Lipinski definition) is 3. The van der Waals surface area contributed by atoms with Crippen LogP contribution >= 0.6 is 0 Å². The first kappa shape index (κ1) is 16.2. The van der Waals surface area contributed by atoms with Crippen LogP contribution in [0, 0.1) is 5.92 Å². The van der Waals surface area contributed by atoms with Crippen molar-refractivity contribution in [3.63, 3.8) is 0 Å².